The molecular weight excluding hydrogens is 339 g/mol. The molecule has 1 aromatic rings. The predicted molar refractivity (Wildman–Crippen MR) is 92.3 cm³/mol. The smallest absolute Gasteiger partial charge is 0.410 e. The molecule has 7 heteroatoms. The van der Waals surface area contributed by atoms with Gasteiger partial charge in [-0.3, -0.25) is 14.5 Å². The molecule has 2 atom stereocenters. The summed E-state index contributed by atoms with van der Waals surface area (Å²) in [5.41, 5.74) is 0.0914. The SMILES string of the molecule is CC(C)(C)OC(=O)N1CCN(C2C(=O)C(=O)C2c2ccc(F)cc2)CC1. The first-order valence-electron chi connectivity index (χ1n) is 8.73. The lowest BCUT2D eigenvalue weighted by Crippen LogP contribution is -2.64. The molecule has 0 bridgehead atoms. The topological polar surface area (TPSA) is 66.9 Å². The van der Waals surface area contributed by atoms with Crippen LogP contribution in [0.15, 0.2) is 24.3 Å². The second-order valence-electron chi connectivity index (χ2n) is 7.71. The van der Waals surface area contributed by atoms with Crippen molar-refractivity contribution in [3.63, 3.8) is 0 Å². The van der Waals surface area contributed by atoms with Gasteiger partial charge in [-0.2, -0.15) is 0 Å². The number of nitrogens with zero attached hydrogens (tertiary/aromatic N) is 2. The zero-order valence-corrected chi connectivity index (χ0v) is 15.2. The predicted octanol–water partition coefficient (Wildman–Crippen LogP) is 1.98. The normalized spacial score (nSPS) is 24.4. The standard InChI is InChI=1S/C19H23FN2O4/c1-19(2,3)26-18(25)22-10-8-21(9-11-22)15-14(16(23)17(15)24)12-4-6-13(20)7-5-12/h4-7,14-15H,8-11H2,1-3H3. The zero-order valence-electron chi connectivity index (χ0n) is 15.2. The molecule has 2 fully saturated rings. The second-order valence-corrected chi connectivity index (χ2v) is 7.71. The first kappa shape index (κ1) is 18.5. The molecule has 1 saturated carbocycles. The highest BCUT2D eigenvalue weighted by molar-refractivity contribution is 6.49. The number of halogens is 1. The first-order valence-corrected chi connectivity index (χ1v) is 8.73. The summed E-state index contributed by atoms with van der Waals surface area (Å²) < 4.78 is 18.5. The van der Waals surface area contributed by atoms with Gasteiger partial charge in [-0.15, -0.1) is 0 Å². The van der Waals surface area contributed by atoms with E-state index < -0.39 is 29.1 Å². The Balaban J connectivity index is 1.64. The maximum atomic E-state index is 13.1. The van der Waals surface area contributed by atoms with E-state index in [-0.39, 0.29) is 11.9 Å². The number of hydrogen-bond donors (Lipinski definition) is 0. The van der Waals surface area contributed by atoms with Crippen LogP contribution in [0.1, 0.15) is 32.3 Å². The summed E-state index contributed by atoms with van der Waals surface area (Å²) in [5.74, 6) is -1.79. The molecule has 26 heavy (non-hydrogen) atoms. The lowest BCUT2D eigenvalue weighted by molar-refractivity contribution is -0.151. The van der Waals surface area contributed by atoms with Crippen LogP contribution in [0.25, 0.3) is 0 Å². The van der Waals surface area contributed by atoms with Crippen molar-refractivity contribution in [2.45, 2.75) is 38.3 Å². The molecule has 2 aliphatic rings. The zero-order chi connectivity index (χ0) is 19.1. The minimum absolute atomic E-state index is 0.372. The first-order chi connectivity index (χ1) is 12.2. The van der Waals surface area contributed by atoms with Crippen molar-refractivity contribution in [3.8, 4) is 0 Å². The lowest BCUT2D eigenvalue weighted by Gasteiger charge is -2.45. The van der Waals surface area contributed by atoms with Crippen LogP contribution in [0, 0.1) is 5.82 Å². The number of Topliss-reactive ketones (excluding diaryl/α,β-unsaturated/α-hetero) is 2. The molecule has 0 N–H and O–H groups in total. The maximum Gasteiger partial charge on any atom is 0.410 e. The Morgan fingerprint density at radius 2 is 1.62 bits per heavy atom. The second kappa shape index (κ2) is 6.79. The van der Waals surface area contributed by atoms with Gasteiger partial charge in [0.25, 0.3) is 0 Å². The summed E-state index contributed by atoms with van der Waals surface area (Å²) in [5, 5.41) is 0. The number of benzene rings is 1. The number of hydrogen-bond acceptors (Lipinski definition) is 5. The van der Waals surface area contributed by atoms with Crippen LogP contribution in [0.4, 0.5) is 9.18 Å². The van der Waals surface area contributed by atoms with Crippen LogP contribution in [-0.4, -0.2) is 65.3 Å². The minimum atomic E-state index is -0.559. The van der Waals surface area contributed by atoms with E-state index in [1.165, 1.54) is 12.1 Å². The molecule has 1 aliphatic carbocycles. The number of amides is 1. The van der Waals surface area contributed by atoms with Crippen LogP contribution in [0.2, 0.25) is 0 Å². The van der Waals surface area contributed by atoms with Gasteiger partial charge in [-0.25, -0.2) is 9.18 Å². The summed E-state index contributed by atoms with van der Waals surface area (Å²) in [7, 11) is 0. The molecule has 1 saturated heterocycles. The third kappa shape index (κ3) is 3.62. The van der Waals surface area contributed by atoms with E-state index in [0.717, 1.165) is 0 Å². The van der Waals surface area contributed by atoms with Gasteiger partial charge < -0.3 is 9.64 Å². The van der Waals surface area contributed by atoms with E-state index in [4.69, 9.17) is 4.74 Å². The molecule has 3 rings (SSSR count). The fourth-order valence-electron chi connectivity index (χ4n) is 3.39. The van der Waals surface area contributed by atoms with Crippen molar-refractivity contribution < 1.29 is 23.5 Å². The Kier molecular flexibility index (Phi) is 4.84. The Bertz CT molecular complexity index is 718. The minimum Gasteiger partial charge on any atom is -0.444 e. The molecule has 0 spiro atoms. The van der Waals surface area contributed by atoms with Gasteiger partial charge in [0, 0.05) is 26.2 Å². The van der Waals surface area contributed by atoms with Crippen molar-refractivity contribution in [2.75, 3.05) is 26.2 Å². The maximum absolute atomic E-state index is 13.1. The summed E-state index contributed by atoms with van der Waals surface area (Å²) in [6.07, 6.45) is -0.372. The van der Waals surface area contributed by atoms with Crippen molar-refractivity contribution in [1.29, 1.82) is 0 Å². The van der Waals surface area contributed by atoms with Crippen LogP contribution in [-0.2, 0) is 14.3 Å². The summed E-state index contributed by atoms with van der Waals surface area (Å²) in [6.45, 7) is 7.28. The van der Waals surface area contributed by atoms with Crippen LogP contribution in [0.5, 0.6) is 0 Å². The molecule has 1 aliphatic heterocycles. The number of ketones is 2. The Morgan fingerprint density at radius 3 is 2.15 bits per heavy atom. The van der Waals surface area contributed by atoms with Gasteiger partial charge in [0.15, 0.2) is 0 Å². The van der Waals surface area contributed by atoms with Gasteiger partial charge in [-0.1, -0.05) is 12.1 Å². The van der Waals surface area contributed by atoms with E-state index in [2.05, 4.69) is 0 Å². The molecular formula is C19H23FN2O4. The number of ether oxygens (including phenoxy) is 1. The number of piperazine rings is 1. The van der Waals surface area contributed by atoms with E-state index in [1.54, 1.807) is 17.0 Å². The van der Waals surface area contributed by atoms with E-state index in [0.29, 0.717) is 31.7 Å². The van der Waals surface area contributed by atoms with Crippen molar-refractivity contribution in [3.05, 3.63) is 35.6 Å². The fourth-order valence-corrected chi connectivity index (χ4v) is 3.39. The highest BCUT2D eigenvalue weighted by Crippen LogP contribution is 2.35. The molecule has 0 radical (unpaired) electrons. The summed E-state index contributed by atoms with van der Waals surface area (Å²) in [4.78, 5) is 39.9. The average Bonchev–Trinajstić information content (AvgIpc) is 2.58. The Hall–Kier alpha value is -2.28. The van der Waals surface area contributed by atoms with Crippen LogP contribution in [0.3, 0.4) is 0 Å². The van der Waals surface area contributed by atoms with E-state index >= 15 is 0 Å². The molecule has 2 unspecified atom stereocenters. The third-order valence-electron chi connectivity index (χ3n) is 4.70. The van der Waals surface area contributed by atoms with E-state index in [1.807, 2.05) is 25.7 Å². The molecule has 1 amide bonds. The molecule has 140 valence electrons. The highest BCUT2D eigenvalue weighted by atomic mass is 19.1. The monoisotopic (exact) mass is 362 g/mol. The highest BCUT2D eigenvalue weighted by Gasteiger charge is 2.53. The van der Waals surface area contributed by atoms with Gasteiger partial charge in [0.05, 0.1) is 12.0 Å². The van der Waals surface area contributed by atoms with Crippen LogP contribution >= 0.6 is 0 Å². The van der Waals surface area contributed by atoms with Crippen molar-refractivity contribution in [1.82, 2.24) is 9.80 Å². The largest absolute Gasteiger partial charge is 0.444 e. The summed E-state index contributed by atoms with van der Waals surface area (Å²) in [6, 6.07) is 5.16. The molecule has 1 aromatic carbocycles. The average molecular weight is 362 g/mol. The van der Waals surface area contributed by atoms with E-state index in [9.17, 15) is 18.8 Å². The Labute approximate surface area is 151 Å². The van der Waals surface area contributed by atoms with Gasteiger partial charge in [0.2, 0.25) is 11.6 Å². The molecule has 6 nitrogen and oxygen atoms in total. The lowest BCUT2D eigenvalue weighted by atomic mass is 9.71. The van der Waals surface area contributed by atoms with Gasteiger partial charge in [-0.05, 0) is 38.5 Å². The molecule has 1 heterocycles. The van der Waals surface area contributed by atoms with Gasteiger partial charge >= 0.3 is 6.09 Å². The van der Waals surface area contributed by atoms with Gasteiger partial charge in [0.1, 0.15) is 11.4 Å². The van der Waals surface area contributed by atoms with Crippen molar-refractivity contribution in [2.24, 2.45) is 0 Å². The Morgan fingerprint density at radius 1 is 1.04 bits per heavy atom. The third-order valence-corrected chi connectivity index (χ3v) is 4.70. The fraction of sp³-hybridized carbons (Fsp3) is 0.526. The number of carbonyl (C=O) groups excluding carboxylic acids is 3. The number of carbonyl (C=O) groups is 3. The molecule has 0 aromatic heterocycles. The summed E-state index contributed by atoms with van der Waals surface area (Å²) >= 11 is 0. The van der Waals surface area contributed by atoms with Crippen LogP contribution < -0.4 is 0 Å². The quantitative estimate of drug-likeness (QED) is 0.753. The number of rotatable bonds is 2. The van der Waals surface area contributed by atoms with Crippen molar-refractivity contribution >= 4 is 17.7 Å².